The van der Waals surface area contributed by atoms with E-state index in [-0.39, 0.29) is 11.9 Å². The Kier molecular flexibility index (Phi) is 1.42. The predicted molar refractivity (Wildman–Crippen MR) is 42.0 cm³/mol. The third kappa shape index (κ3) is 0.948. The summed E-state index contributed by atoms with van der Waals surface area (Å²) in [6.07, 6.45) is 2.30. The molecule has 1 amide bonds. The summed E-state index contributed by atoms with van der Waals surface area (Å²) in [4.78, 5) is 11.4. The van der Waals surface area contributed by atoms with Crippen LogP contribution in [0, 0.1) is 0 Å². The van der Waals surface area contributed by atoms with Gasteiger partial charge in [0.15, 0.2) is 6.04 Å². The van der Waals surface area contributed by atoms with Crippen LogP contribution in [0.2, 0.25) is 0 Å². The molecule has 2 aliphatic rings. The molecule has 62 valence electrons. The molecule has 2 saturated heterocycles. The maximum absolute atomic E-state index is 11.4. The zero-order valence-corrected chi connectivity index (χ0v) is 6.97. The monoisotopic (exact) mass is 155 g/mol. The molecular weight excluding hydrogens is 140 g/mol. The van der Waals surface area contributed by atoms with Crippen LogP contribution < -0.4 is 5.32 Å². The first-order valence-electron chi connectivity index (χ1n) is 4.34. The Morgan fingerprint density at radius 1 is 1.55 bits per heavy atom. The van der Waals surface area contributed by atoms with Crippen molar-refractivity contribution >= 4 is 5.91 Å². The van der Waals surface area contributed by atoms with Crippen LogP contribution >= 0.6 is 0 Å². The Morgan fingerprint density at radius 3 is 3.09 bits per heavy atom. The number of rotatable bonds is 0. The van der Waals surface area contributed by atoms with Gasteiger partial charge in [-0.15, -0.1) is 0 Å². The van der Waals surface area contributed by atoms with E-state index in [0.717, 1.165) is 24.0 Å². The Morgan fingerprint density at radius 2 is 2.36 bits per heavy atom. The molecule has 0 unspecified atom stereocenters. The van der Waals surface area contributed by atoms with Crippen LogP contribution in [0.25, 0.3) is 0 Å². The van der Waals surface area contributed by atoms with Crippen LogP contribution in [-0.2, 0) is 4.79 Å². The lowest BCUT2D eigenvalue weighted by atomic mass is 10.1. The van der Waals surface area contributed by atoms with Crippen molar-refractivity contribution in [2.24, 2.45) is 0 Å². The topological polar surface area (TPSA) is 29.1 Å². The second kappa shape index (κ2) is 2.21. The van der Waals surface area contributed by atoms with Crippen molar-refractivity contribution in [1.29, 1.82) is 0 Å². The van der Waals surface area contributed by atoms with E-state index in [0.29, 0.717) is 0 Å². The number of nitrogens with zero attached hydrogens (tertiary/aromatic N) is 1. The molecule has 11 heavy (non-hydrogen) atoms. The maximum Gasteiger partial charge on any atom is 0.278 e. The van der Waals surface area contributed by atoms with Crippen LogP contribution in [0.15, 0.2) is 0 Å². The molecule has 0 bridgehead atoms. The van der Waals surface area contributed by atoms with Gasteiger partial charge < -0.3 is 9.80 Å². The lowest BCUT2D eigenvalue weighted by molar-refractivity contribution is -0.913. The van der Waals surface area contributed by atoms with Gasteiger partial charge in [0.05, 0.1) is 26.7 Å². The van der Waals surface area contributed by atoms with E-state index in [4.69, 9.17) is 0 Å². The number of piperazine rings is 1. The van der Waals surface area contributed by atoms with Gasteiger partial charge in [0.25, 0.3) is 5.91 Å². The first-order valence-corrected chi connectivity index (χ1v) is 4.34. The van der Waals surface area contributed by atoms with Crippen molar-refractivity contribution in [1.82, 2.24) is 5.32 Å². The summed E-state index contributed by atoms with van der Waals surface area (Å²) in [5, 5.41) is 2.92. The van der Waals surface area contributed by atoms with E-state index in [9.17, 15) is 4.79 Å². The van der Waals surface area contributed by atoms with E-state index >= 15 is 0 Å². The fourth-order valence-corrected chi connectivity index (χ4v) is 2.35. The summed E-state index contributed by atoms with van der Waals surface area (Å²) in [7, 11) is 2.20. The molecule has 1 N–H and O–H groups in total. The van der Waals surface area contributed by atoms with Gasteiger partial charge in [-0.25, -0.2) is 0 Å². The first-order chi connectivity index (χ1) is 5.22. The summed E-state index contributed by atoms with van der Waals surface area (Å²) in [6, 6.07) is 0.267. The second-order valence-electron chi connectivity index (χ2n) is 3.88. The smallest absolute Gasteiger partial charge is 0.278 e. The van der Waals surface area contributed by atoms with Crippen LogP contribution in [0.5, 0.6) is 0 Å². The minimum Gasteiger partial charge on any atom is -0.345 e. The number of hydrogen-bond donors (Lipinski definition) is 1. The third-order valence-corrected chi connectivity index (χ3v) is 3.12. The number of likely N-dealkylation sites (N-methyl/N-ethyl adjacent to an activating group) is 1. The van der Waals surface area contributed by atoms with E-state index < -0.39 is 0 Å². The highest BCUT2D eigenvalue weighted by atomic mass is 16.2. The quantitative estimate of drug-likeness (QED) is 0.479. The van der Waals surface area contributed by atoms with E-state index in [1.807, 2.05) is 0 Å². The van der Waals surface area contributed by atoms with Gasteiger partial charge >= 0.3 is 0 Å². The lowest BCUT2D eigenvalue weighted by Gasteiger charge is -2.38. The van der Waals surface area contributed by atoms with Gasteiger partial charge in [0, 0.05) is 12.8 Å². The summed E-state index contributed by atoms with van der Waals surface area (Å²) in [5.41, 5.74) is 0. The molecular formula is C8H15N2O+. The highest BCUT2D eigenvalue weighted by Gasteiger charge is 2.45. The lowest BCUT2D eigenvalue weighted by Crippen LogP contribution is -2.62. The van der Waals surface area contributed by atoms with Crippen molar-refractivity contribution in [3.63, 3.8) is 0 Å². The molecule has 0 spiro atoms. The molecule has 0 aromatic rings. The van der Waals surface area contributed by atoms with Gasteiger partial charge in [0.1, 0.15) is 0 Å². The van der Waals surface area contributed by atoms with Crippen LogP contribution in [0.3, 0.4) is 0 Å². The number of amides is 1. The van der Waals surface area contributed by atoms with Crippen LogP contribution in [0.1, 0.15) is 12.8 Å². The molecule has 0 aliphatic carbocycles. The molecule has 0 aromatic heterocycles. The highest BCUT2D eigenvalue weighted by molar-refractivity contribution is 5.81. The number of carbonyl (C=O) groups excluding carboxylic acids is 1. The zero-order chi connectivity index (χ0) is 7.90. The van der Waals surface area contributed by atoms with E-state index in [1.165, 1.54) is 13.0 Å². The summed E-state index contributed by atoms with van der Waals surface area (Å²) < 4.78 is 0.992. The molecule has 2 atom stereocenters. The number of nitrogens with one attached hydrogen (secondary N) is 1. The molecule has 0 aromatic carbocycles. The number of fused-ring (bicyclic) bond motifs is 1. The molecule has 3 heteroatoms. The summed E-state index contributed by atoms with van der Waals surface area (Å²) in [5.74, 6) is 0.274. The van der Waals surface area contributed by atoms with Crippen molar-refractivity contribution in [3.8, 4) is 0 Å². The van der Waals surface area contributed by atoms with Gasteiger partial charge in [-0.3, -0.25) is 4.79 Å². The van der Waals surface area contributed by atoms with Gasteiger partial charge in [-0.05, 0) is 0 Å². The Balaban J connectivity index is 2.22. The summed E-state index contributed by atoms with van der Waals surface area (Å²) in [6.45, 7) is 3.18. The average Bonchev–Trinajstić information content (AvgIpc) is 2.31. The molecule has 2 heterocycles. The number of carbonyl (C=O) groups is 1. The van der Waals surface area contributed by atoms with Gasteiger partial charge in [-0.1, -0.05) is 0 Å². The highest BCUT2D eigenvalue weighted by Crippen LogP contribution is 2.26. The van der Waals surface area contributed by atoms with Crippen LogP contribution in [-0.4, -0.2) is 43.1 Å². The standard InChI is InChI=1S/C8H14N2O/c1-10-5-2-3-7(10)8(11)9-4-6-10/h7H,2-6H2,1H3/p+1/t7-,10+/m0/s1. The molecule has 0 saturated carbocycles. The zero-order valence-electron chi connectivity index (χ0n) is 6.97. The van der Waals surface area contributed by atoms with Crippen LogP contribution in [0.4, 0.5) is 0 Å². The first kappa shape index (κ1) is 7.10. The predicted octanol–water partition coefficient (Wildman–Crippen LogP) is -0.275. The molecule has 2 fully saturated rings. The van der Waals surface area contributed by atoms with Gasteiger partial charge in [0.2, 0.25) is 0 Å². The van der Waals surface area contributed by atoms with Crippen molar-refractivity contribution in [2.75, 3.05) is 26.7 Å². The fraction of sp³-hybridized carbons (Fsp3) is 0.875. The number of hydrogen-bond acceptors (Lipinski definition) is 1. The number of quaternary nitrogens is 1. The Labute approximate surface area is 67.0 Å². The van der Waals surface area contributed by atoms with Crippen molar-refractivity contribution < 1.29 is 9.28 Å². The minimum atomic E-state index is 0.267. The Hall–Kier alpha value is -0.570. The fourth-order valence-electron chi connectivity index (χ4n) is 2.35. The Bertz CT molecular complexity index is 193. The maximum atomic E-state index is 11.4. The second-order valence-corrected chi connectivity index (χ2v) is 3.88. The van der Waals surface area contributed by atoms with Crippen molar-refractivity contribution in [2.45, 2.75) is 18.9 Å². The SMILES string of the molecule is C[N@+]12CCC[C@H]1C(=O)NCC2. The van der Waals surface area contributed by atoms with Crippen molar-refractivity contribution in [3.05, 3.63) is 0 Å². The van der Waals surface area contributed by atoms with E-state index in [2.05, 4.69) is 12.4 Å². The molecule has 0 radical (unpaired) electrons. The molecule has 2 rings (SSSR count). The average molecular weight is 155 g/mol. The van der Waals surface area contributed by atoms with E-state index in [1.54, 1.807) is 0 Å². The molecule has 3 nitrogen and oxygen atoms in total. The largest absolute Gasteiger partial charge is 0.345 e. The third-order valence-electron chi connectivity index (χ3n) is 3.12. The molecule has 2 aliphatic heterocycles. The minimum absolute atomic E-state index is 0.267. The van der Waals surface area contributed by atoms with Gasteiger partial charge in [-0.2, -0.15) is 0 Å². The summed E-state index contributed by atoms with van der Waals surface area (Å²) >= 11 is 0. The normalized spacial score (nSPS) is 43.4.